The van der Waals surface area contributed by atoms with E-state index in [0.29, 0.717) is 0 Å². The van der Waals surface area contributed by atoms with Crippen molar-refractivity contribution in [2.45, 2.75) is 46.5 Å². The van der Waals surface area contributed by atoms with Crippen molar-refractivity contribution in [2.75, 3.05) is 19.6 Å². The first-order chi connectivity index (χ1) is 6.24. The normalized spacial score (nSPS) is 25.4. The molecule has 1 aliphatic rings. The molecule has 0 aromatic heterocycles. The van der Waals surface area contributed by atoms with E-state index >= 15 is 0 Å². The number of likely N-dealkylation sites (tertiary alicyclic amines) is 1. The Bertz CT molecular complexity index is 131. The van der Waals surface area contributed by atoms with E-state index in [0.717, 1.165) is 11.8 Å². The van der Waals surface area contributed by atoms with Gasteiger partial charge in [0.05, 0.1) is 0 Å². The van der Waals surface area contributed by atoms with Crippen LogP contribution in [0.25, 0.3) is 0 Å². The maximum absolute atomic E-state index is 2.66. The molecule has 1 aliphatic heterocycles. The van der Waals surface area contributed by atoms with Gasteiger partial charge in [0, 0.05) is 6.54 Å². The van der Waals surface area contributed by atoms with Gasteiger partial charge in [-0.1, -0.05) is 27.2 Å². The molecule has 1 heteroatoms. The van der Waals surface area contributed by atoms with Crippen LogP contribution in [-0.4, -0.2) is 24.5 Å². The van der Waals surface area contributed by atoms with Crippen molar-refractivity contribution in [1.82, 2.24) is 4.90 Å². The Morgan fingerprint density at radius 3 is 2.77 bits per heavy atom. The molecular formula is C12H25N. The lowest BCUT2D eigenvalue weighted by atomic mass is 9.88. The smallest absolute Gasteiger partial charge is 0.00121 e. The third-order valence-corrected chi connectivity index (χ3v) is 3.31. The average Bonchev–Trinajstić information content (AvgIpc) is 2.15. The summed E-state index contributed by atoms with van der Waals surface area (Å²) in [6.07, 6.45) is 5.60. The van der Waals surface area contributed by atoms with Crippen LogP contribution >= 0.6 is 0 Å². The number of hydrogen-bond acceptors (Lipinski definition) is 1. The molecule has 1 fully saturated rings. The van der Waals surface area contributed by atoms with Crippen LogP contribution in [0, 0.1) is 11.8 Å². The molecule has 0 spiro atoms. The monoisotopic (exact) mass is 183 g/mol. The fraction of sp³-hybridized carbons (Fsp3) is 1.00. The summed E-state index contributed by atoms with van der Waals surface area (Å²) >= 11 is 0. The Balaban J connectivity index is 2.25. The van der Waals surface area contributed by atoms with E-state index in [-0.39, 0.29) is 0 Å². The first kappa shape index (κ1) is 11.0. The Labute approximate surface area is 83.5 Å². The van der Waals surface area contributed by atoms with E-state index in [4.69, 9.17) is 0 Å². The summed E-state index contributed by atoms with van der Waals surface area (Å²) in [6.45, 7) is 11.1. The van der Waals surface area contributed by atoms with Gasteiger partial charge in [-0.25, -0.2) is 0 Å². The number of piperidine rings is 1. The van der Waals surface area contributed by atoms with Gasteiger partial charge in [0.2, 0.25) is 0 Å². The SMILES string of the molecule is CCCCN1CCCC(C(C)C)C1. The van der Waals surface area contributed by atoms with E-state index in [1.807, 2.05) is 0 Å². The molecule has 13 heavy (non-hydrogen) atoms. The van der Waals surface area contributed by atoms with Crippen molar-refractivity contribution in [2.24, 2.45) is 11.8 Å². The number of unbranched alkanes of at least 4 members (excludes halogenated alkanes) is 1. The quantitative estimate of drug-likeness (QED) is 0.647. The topological polar surface area (TPSA) is 3.24 Å². The lowest BCUT2D eigenvalue weighted by Gasteiger charge is -2.34. The van der Waals surface area contributed by atoms with Crippen LogP contribution in [-0.2, 0) is 0 Å². The molecule has 0 aromatic carbocycles. The second kappa shape index (κ2) is 5.64. The number of rotatable bonds is 4. The largest absolute Gasteiger partial charge is 0.303 e. The van der Waals surface area contributed by atoms with E-state index in [2.05, 4.69) is 25.7 Å². The molecule has 0 aliphatic carbocycles. The van der Waals surface area contributed by atoms with Crippen molar-refractivity contribution < 1.29 is 0 Å². The van der Waals surface area contributed by atoms with Crippen LogP contribution in [0.4, 0.5) is 0 Å². The predicted octanol–water partition coefficient (Wildman–Crippen LogP) is 3.15. The molecule has 0 amide bonds. The van der Waals surface area contributed by atoms with E-state index in [1.165, 1.54) is 45.3 Å². The molecule has 0 radical (unpaired) electrons. The van der Waals surface area contributed by atoms with Crippen LogP contribution in [0.15, 0.2) is 0 Å². The minimum atomic E-state index is 0.879. The van der Waals surface area contributed by atoms with Crippen molar-refractivity contribution in [3.63, 3.8) is 0 Å². The van der Waals surface area contributed by atoms with Crippen LogP contribution in [0.2, 0.25) is 0 Å². The summed E-state index contributed by atoms with van der Waals surface area (Å²) < 4.78 is 0. The molecule has 1 unspecified atom stereocenters. The van der Waals surface area contributed by atoms with Gasteiger partial charge in [0.25, 0.3) is 0 Å². The molecule has 78 valence electrons. The molecule has 1 nitrogen and oxygen atoms in total. The molecular weight excluding hydrogens is 158 g/mol. The summed E-state index contributed by atoms with van der Waals surface area (Å²) in [4.78, 5) is 2.66. The second-order valence-electron chi connectivity index (χ2n) is 4.80. The molecule has 1 rings (SSSR count). The lowest BCUT2D eigenvalue weighted by molar-refractivity contribution is 0.144. The summed E-state index contributed by atoms with van der Waals surface area (Å²) in [5, 5.41) is 0. The summed E-state index contributed by atoms with van der Waals surface area (Å²) in [5.74, 6) is 1.84. The Kier molecular flexibility index (Phi) is 4.79. The first-order valence-electron chi connectivity index (χ1n) is 5.96. The van der Waals surface area contributed by atoms with Gasteiger partial charge in [-0.3, -0.25) is 0 Å². The molecule has 1 saturated heterocycles. The third-order valence-electron chi connectivity index (χ3n) is 3.31. The standard InChI is InChI=1S/C12H25N/c1-4-5-8-13-9-6-7-12(10-13)11(2)3/h11-12H,4-10H2,1-3H3. The maximum atomic E-state index is 2.66. The van der Waals surface area contributed by atoms with Crippen LogP contribution < -0.4 is 0 Å². The van der Waals surface area contributed by atoms with Gasteiger partial charge in [0.1, 0.15) is 0 Å². The zero-order chi connectivity index (χ0) is 9.68. The number of nitrogens with zero attached hydrogens (tertiary/aromatic N) is 1. The van der Waals surface area contributed by atoms with Crippen LogP contribution in [0.1, 0.15) is 46.5 Å². The Morgan fingerprint density at radius 2 is 2.15 bits per heavy atom. The van der Waals surface area contributed by atoms with Gasteiger partial charge in [0.15, 0.2) is 0 Å². The minimum absolute atomic E-state index is 0.879. The van der Waals surface area contributed by atoms with Gasteiger partial charge in [-0.15, -0.1) is 0 Å². The predicted molar refractivity (Wildman–Crippen MR) is 58.9 cm³/mol. The van der Waals surface area contributed by atoms with Crippen molar-refractivity contribution >= 4 is 0 Å². The van der Waals surface area contributed by atoms with Crippen LogP contribution in [0.5, 0.6) is 0 Å². The zero-order valence-electron chi connectivity index (χ0n) is 9.55. The average molecular weight is 183 g/mol. The second-order valence-corrected chi connectivity index (χ2v) is 4.80. The Morgan fingerprint density at radius 1 is 1.38 bits per heavy atom. The summed E-state index contributed by atoms with van der Waals surface area (Å²) in [5.41, 5.74) is 0. The van der Waals surface area contributed by atoms with Crippen molar-refractivity contribution in [1.29, 1.82) is 0 Å². The highest BCUT2D eigenvalue weighted by Gasteiger charge is 2.21. The highest BCUT2D eigenvalue weighted by Crippen LogP contribution is 2.23. The van der Waals surface area contributed by atoms with Gasteiger partial charge >= 0.3 is 0 Å². The van der Waals surface area contributed by atoms with E-state index in [1.54, 1.807) is 0 Å². The first-order valence-corrected chi connectivity index (χ1v) is 5.96. The molecule has 0 bridgehead atoms. The summed E-state index contributed by atoms with van der Waals surface area (Å²) in [7, 11) is 0. The zero-order valence-corrected chi connectivity index (χ0v) is 9.55. The van der Waals surface area contributed by atoms with Gasteiger partial charge in [-0.2, -0.15) is 0 Å². The highest BCUT2D eigenvalue weighted by atomic mass is 15.1. The molecule has 0 saturated carbocycles. The van der Waals surface area contributed by atoms with E-state index < -0.39 is 0 Å². The van der Waals surface area contributed by atoms with Crippen molar-refractivity contribution in [3.8, 4) is 0 Å². The maximum Gasteiger partial charge on any atom is 0.00121 e. The molecule has 0 N–H and O–H groups in total. The minimum Gasteiger partial charge on any atom is -0.303 e. The fourth-order valence-electron chi connectivity index (χ4n) is 2.22. The third kappa shape index (κ3) is 3.68. The Hall–Kier alpha value is -0.0400. The molecule has 1 atom stereocenters. The van der Waals surface area contributed by atoms with E-state index in [9.17, 15) is 0 Å². The fourth-order valence-corrected chi connectivity index (χ4v) is 2.22. The van der Waals surface area contributed by atoms with Crippen LogP contribution in [0.3, 0.4) is 0 Å². The van der Waals surface area contributed by atoms with Crippen molar-refractivity contribution in [3.05, 3.63) is 0 Å². The highest BCUT2D eigenvalue weighted by molar-refractivity contribution is 4.74. The lowest BCUT2D eigenvalue weighted by Crippen LogP contribution is -2.37. The molecule has 1 heterocycles. The molecule has 0 aromatic rings. The van der Waals surface area contributed by atoms with Gasteiger partial charge in [-0.05, 0) is 44.2 Å². The number of hydrogen-bond donors (Lipinski definition) is 0. The van der Waals surface area contributed by atoms with Gasteiger partial charge < -0.3 is 4.90 Å². The summed E-state index contributed by atoms with van der Waals surface area (Å²) in [6, 6.07) is 0.